The molecule has 0 radical (unpaired) electrons. The Morgan fingerprint density at radius 1 is 0.633 bits per heavy atom. The molecule has 0 amide bonds. The molecule has 0 saturated heterocycles. The standard InChI is InChI=1S/C23H22O.2C2H6.CH4O/c1-23(2)22(18-13-7-4-8-14-18)21(17-11-5-3-6-12-17)19-15-9-10-16-20(19)24-23;3*1-2/h3-16,21-22H,1-2H3;2*1-2H3;2H,1H3/t21?,22-;;;/m1.../s1. The van der Waals surface area contributed by atoms with E-state index in [9.17, 15) is 0 Å². The van der Waals surface area contributed by atoms with E-state index in [0.29, 0.717) is 0 Å². The molecule has 30 heavy (non-hydrogen) atoms. The topological polar surface area (TPSA) is 29.5 Å². The molecule has 0 saturated carbocycles. The van der Waals surface area contributed by atoms with Crippen LogP contribution < -0.4 is 4.74 Å². The average Bonchev–Trinajstić information content (AvgIpc) is 2.82. The van der Waals surface area contributed by atoms with Gasteiger partial charge in [0.25, 0.3) is 0 Å². The predicted molar refractivity (Wildman–Crippen MR) is 129 cm³/mol. The first-order chi connectivity index (χ1) is 14.7. The Hall–Kier alpha value is -2.58. The second-order valence-corrected chi connectivity index (χ2v) is 7.02. The van der Waals surface area contributed by atoms with E-state index >= 15 is 0 Å². The molecule has 4 rings (SSSR count). The molecule has 1 aliphatic heterocycles. The van der Waals surface area contributed by atoms with Crippen LogP contribution in [0.5, 0.6) is 5.75 Å². The summed E-state index contributed by atoms with van der Waals surface area (Å²) in [5.41, 5.74) is 3.66. The van der Waals surface area contributed by atoms with Gasteiger partial charge >= 0.3 is 0 Å². The summed E-state index contributed by atoms with van der Waals surface area (Å²) in [6, 6.07) is 30.0. The van der Waals surface area contributed by atoms with E-state index in [-0.39, 0.29) is 17.4 Å². The number of aliphatic hydroxyl groups excluding tert-OH is 1. The highest BCUT2D eigenvalue weighted by Crippen LogP contribution is 2.52. The smallest absolute Gasteiger partial charge is 0.123 e. The molecule has 1 N–H and O–H groups in total. The Balaban J connectivity index is 0.000000691. The summed E-state index contributed by atoms with van der Waals surface area (Å²) >= 11 is 0. The highest BCUT2D eigenvalue weighted by Gasteiger charge is 2.44. The highest BCUT2D eigenvalue weighted by atomic mass is 16.5. The Kier molecular flexibility index (Phi) is 10.9. The lowest BCUT2D eigenvalue weighted by molar-refractivity contribution is 0.0531. The van der Waals surface area contributed by atoms with E-state index in [4.69, 9.17) is 9.84 Å². The quantitative estimate of drug-likeness (QED) is 0.479. The SMILES string of the molecule is CC.CC.CC1(C)Oc2ccccc2C(c2ccccc2)[C@H]1c1ccccc1.CO. The minimum atomic E-state index is -0.282. The van der Waals surface area contributed by atoms with Crippen LogP contribution >= 0.6 is 0 Å². The van der Waals surface area contributed by atoms with E-state index in [1.807, 2.05) is 27.7 Å². The van der Waals surface area contributed by atoms with Crippen LogP contribution in [0.4, 0.5) is 0 Å². The zero-order valence-corrected chi connectivity index (χ0v) is 19.6. The molecule has 0 bridgehead atoms. The fourth-order valence-electron chi connectivity index (χ4n) is 4.04. The number of rotatable bonds is 2. The van der Waals surface area contributed by atoms with Crippen LogP contribution in [-0.4, -0.2) is 17.8 Å². The summed E-state index contributed by atoms with van der Waals surface area (Å²) in [7, 11) is 1.00. The van der Waals surface area contributed by atoms with Crippen LogP contribution in [0.1, 0.15) is 70.1 Å². The van der Waals surface area contributed by atoms with Crippen molar-refractivity contribution in [2.24, 2.45) is 0 Å². The molecule has 0 aliphatic carbocycles. The van der Waals surface area contributed by atoms with Gasteiger partial charge in [0.05, 0.1) is 0 Å². The Morgan fingerprint density at radius 3 is 1.60 bits per heavy atom. The second kappa shape index (κ2) is 12.9. The third-order valence-corrected chi connectivity index (χ3v) is 5.03. The van der Waals surface area contributed by atoms with Gasteiger partial charge in [0, 0.05) is 24.5 Å². The van der Waals surface area contributed by atoms with Gasteiger partial charge in [0.1, 0.15) is 11.4 Å². The summed E-state index contributed by atoms with van der Waals surface area (Å²) in [5, 5.41) is 7.00. The molecule has 0 spiro atoms. The van der Waals surface area contributed by atoms with Crippen LogP contribution in [-0.2, 0) is 0 Å². The van der Waals surface area contributed by atoms with E-state index in [2.05, 4.69) is 98.8 Å². The molecule has 3 aromatic carbocycles. The molecule has 1 aliphatic rings. The van der Waals surface area contributed by atoms with Crippen LogP contribution in [0.3, 0.4) is 0 Å². The molecular formula is C28H38O2. The summed E-state index contributed by atoms with van der Waals surface area (Å²) in [4.78, 5) is 0. The number of aliphatic hydroxyl groups is 1. The largest absolute Gasteiger partial charge is 0.487 e. The number of fused-ring (bicyclic) bond motifs is 1. The van der Waals surface area contributed by atoms with Crippen LogP contribution in [0.15, 0.2) is 84.9 Å². The van der Waals surface area contributed by atoms with Crippen LogP contribution in [0, 0.1) is 0 Å². The van der Waals surface area contributed by atoms with Crippen molar-refractivity contribution in [2.75, 3.05) is 7.11 Å². The van der Waals surface area contributed by atoms with Gasteiger partial charge in [-0.3, -0.25) is 0 Å². The maximum Gasteiger partial charge on any atom is 0.123 e. The number of hydrogen-bond acceptors (Lipinski definition) is 2. The molecule has 3 aromatic rings. The molecule has 2 atom stereocenters. The van der Waals surface area contributed by atoms with Gasteiger partial charge in [-0.1, -0.05) is 107 Å². The molecule has 1 unspecified atom stereocenters. The van der Waals surface area contributed by atoms with Gasteiger partial charge < -0.3 is 9.84 Å². The maximum atomic E-state index is 7.00. The lowest BCUT2D eigenvalue weighted by Gasteiger charge is -2.45. The van der Waals surface area contributed by atoms with Crippen molar-refractivity contribution in [3.8, 4) is 5.75 Å². The number of ether oxygens (including phenoxy) is 1. The lowest BCUT2D eigenvalue weighted by atomic mass is 9.68. The monoisotopic (exact) mass is 406 g/mol. The first-order valence-corrected chi connectivity index (χ1v) is 11.0. The van der Waals surface area contributed by atoms with Crippen LogP contribution in [0.2, 0.25) is 0 Å². The molecule has 0 fully saturated rings. The molecule has 2 heteroatoms. The highest BCUT2D eigenvalue weighted by molar-refractivity contribution is 5.49. The number of benzene rings is 3. The lowest BCUT2D eigenvalue weighted by Crippen LogP contribution is -2.43. The van der Waals surface area contributed by atoms with Gasteiger partial charge in [-0.2, -0.15) is 0 Å². The third kappa shape index (κ3) is 5.73. The number of hydrogen-bond donors (Lipinski definition) is 1. The van der Waals surface area contributed by atoms with Crippen LogP contribution in [0.25, 0.3) is 0 Å². The molecule has 162 valence electrons. The van der Waals surface area contributed by atoms with Crippen molar-refractivity contribution in [1.82, 2.24) is 0 Å². The fraction of sp³-hybridized carbons (Fsp3) is 0.357. The van der Waals surface area contributed by atoms with E-state index < -0.39 is 0 Å². The molecule has 2 nitrogen and oxygen atoms in total. The predicted octanol–water partition coefficient (Wildman–Crippen LogP) is 7.43. The Bertz CT molecular complexity index is 826. The summed E-state index contributed by atoms with van der Waals surface area (Å²) in [6.45, 7) is 12.4. The van der Waals surface area contributed by atoms with Crippen molar-refractivity contribution in [3.05, 3.63) is 102 Å². The van der Waals surface area contributed by atoms with Gasteiger partial charge in [-0.15, -0.1) is 0 Å². The Morgan fingerprint density at radius 2 is 1.07 bits per heavy atom. The van der Waals surface area contributed by atoms with Gasteiger partial charge in [0.2, 0.25) is 0 Å². The van der Waals surface area contributed by atoms with Crippen molar-refractivity contribution in [2.45, 2.75) is 59.0 Å². The fourth-order valence-corrected chi connectivity index (χ4v) is 4.04. The molecular weight excluding hydrogens is 368 g/mol. The molecule has 1 heterocycles. The zero-order chi connectivity index (χ0) is 22.6. The average molecular weight is 407 g/mol. The molecule has 0 aromatic heterocycles. The Labute approximate surface area is 183 Å². The zero-order valence-electron chi connectivity index (χ0n) is 19.6. The van der Waals surface area contributed by atoms with Crippen molar-refractivity contribution in [3.63, 3.8) is 0 Å². The normalized spacial score (nSPS) is 17.9. The van der Waals surface area contributed by atoms with E-state index in [1.54, 1.807) is 0 Å². The summed E-state index contributed by atoms with van der Waals surface area (Å²) < 4.78 is 6.44. The van der Waals surface area contributed by atoms with Gasteiger partial charge in [-0.05, 0) is 31.0 Å². The third-order valence-electron chi connectivity index (χ3n) is 5.03. The summed E-state index contributed by atoms with van der Waals surface area (Å²) in [5.74, 6) is 1.55. The summed E-state index contributed by atoms with van der Waals surface area (Å²) in [6.07, 6.45) is 0. The van der Waals surface area contributed by atoms with Gasteiger partial charge in [0.15, 0.2) is 0 Å². The van der Waals surface area contributed by atoms with E-state index in [0.717, 1.165) is 12.9 Å². The first-order valence-electron chi connectivity index (χ1n) is 11.0. The minimum absolute atomic E-state index is 0.260. The second-order valence-electron chi connectivity index (χ2n) is 7.02. The maximum absolute atomic E-state index is 7.00. The van der Waals surface area contributed by atoms with Gasteiger partial charge in [-0.25, -0.2) is 0 Å². The van der Waals surface area contributed by atoms with Crippen molar-refractivity contribution < 1.29 is 9.84 Å². The van der Waals surface area contributed by atoms with E-state index in [1.165, 1.54) is 16.7 Å². The number of para-hydroxylation sites is 1. The first kappa shape index (κ1) is 25.5. The van der Waals surface area contributed by atoms with Crippen molar-refractivity contribution in [1.29, 1.82) is 0 Å². The minimum Gasteiger partial charge on any atom is -0.487 e. The van der Waals surface area contributed by atoms with Crippen molar-refractivity contribution >= 4 is 0 Å².